The number of carbonyl (C=O) groups excluding carboxylic acids is 2. The molecule has 2 aliphatic rings. The number of Topliss-reactive ketones (excluding diaryl/α,β-unsaturated/α-hetero) is 1. The Morgan fingerprint density at radius 1 is 1.23 bits per heavy atom. The van der Waals surface area contributed by atoms with Gasteiger partial charge in [-0.1, -0.05) is 20.8 Å². The van der Waals surface area contributed by atoms with Crippen LogP contribution in [0.5, 0.6) is 5.75 Å². The molecule has 0 bridgehead atoms. The molecule has 0 amide bonds. The number of hydrogen-bond acceptors (Lipinski definition) is 6. The molecule has 0 fully saturated rings. The fourth-order valence-corrected chi connectivity index (χ4v) is 3.85. The van der Waals surface area contributed by atoms with Crippen LogP contribution < -0.4 is 4.74 Å². The van der Waals surface area contributed by atoms with E-state index in [1.807, 2.05) is 25.7 Å². The first-order valence-corrected chi connectivity index (χ1v) is 10.1. The number of fused-ring (bicyclic) bond motifs is 3. The Kier molecular flexibility index (Phi) is 6.23. The van der Waals surface area contributed by atoms with Gasteiger partial charge in [-0.15, -0.1) is 0 Å². The lowest BCUT2D eigenvalue weighted by Gasteiger charge is -2.46. The minimum atomic E-state index is -3.37. The van der Waals surface area contributed by atoms with Gasteiger partial charge in [-0.05, 0) is 42.7 Å². The highest BCUT2D eigenvalue weighted by molar-refractivity contribution is 6.08. The molecule has 8 heteroatoms. The number of hydrogen-bond donors (Lipinski definition) is 1. The number of ketones is 1. The van der Waals surface area contributed by atoms with E-state index in [1.165, 1.54) is 12.1 Å². The van der Waals surface area contributed by atoms with Gasteiger partial charge in [0.15, 0.2) is 12.4 Å². The monoisotopic (exact) mass is 435 g/mol. The van der Waals surface area contributed by atoms with Crippen molar-refractivity contribution in [3.05, 3.63) is 47.1 Å². The van der Waals surface area contributed by atoms with Crippen molar-refractivity contribution in [2.75, 3.05) is 26.4 Å². The first-order valence-electron chi connectivity index (χ1n) is 10.1. The molecular formula is C23H27F2NO5. The van der Waals surface area contributed by atoms with Crippen LogP contribution in [0.3, 0.4) is 0 Å². The molecule has 1 atom stereocenters. The van der Waals surface area contributed by atoms with Crippen LogP contribution in [-0.4, -0.2) is 60.1 Å². The highest BCUT2D eigenvalue weighted by Crippen LogP contribution is 2.42. The van der Waals surface area contributed by atoms with Crippen molar-refractivity contribution in [2.45, 2.75) is 39.7 Å². The maximum absolute atomic E-state index is 13.5. The molecule has 0 saturated carbocycles. The molecule has 3 rings (SSSR count). The molecular weight excluding hydrogens is 408 g/mol. The fraction of sp³-hybridized carbons (Fsp3) is 0.478. The molecule has 0 aliphatic carbocycles. The van der Waals surface area contributed by atoms with E-state index < -0.39 is 36.6 Å². The summed E-state index contributed by atoms with van der Waals surface area (Å²) in [7, 11) is 0. The second-order valence-corrected chi connectivity index (χ2v) is 8.74. The summed E-state index contributed by atoms with van der Waals surface area (Å²) in [5.41, 5.74) is 1.79. The van der Waals surface area contributed by atoms with Gasteiger partial charge in [0.05, 0.1) is 24.8 Å². The van der Waals surface area contributed by atoms with Crippen molar-refractivity contribution in [2.24, 2.45) is 5.41 Å². The second kappa shape index (κ2) is 8.42. The highest BCUT2D eigenvalue weighted by atomic mass is 19.3. The molecule has 1 N–H and O–H groups in total. The van der Waals surface area contributed by atoms with E-state index in [9.17, 15) is 18.4 Å². The number of aliphatic hydroxyl groups is 1. The van der Waals surface area contributed by atoms with E-state index in [2.05, 4.69) is 0 Å². The zero-order chi connectivity index (χ0) is 23.0. The predicted octanol–water partition coefficient (Wildman–Crippen LogP) is 3.45. The summed E-state index contributed by atoms with van der Waals surface area (Å²) < 4.78 is 37.0. The molecule has 2 heterocycles. The maximum atomic E-state index is 13.5. The SMILES string of the molecule is CCOC(=O)C1=CC=C2c3ccc(OCC(F)(F)CO)cc3C(=O)C(C(C)(C)C)N2C1. The number of esters is 1. The Labute approximate surface area is 180 Å². The van der Waals surface area contributed by atoms with E-state index >= 15 is 0 Å². The Bertz CT molecular complexity index is 946. The third-order valence-electron chi connectivity index (χ3n) is 5.22. The van der Waals surface area contributed by atoms with E-state index in [-0.39, 0.29) is 24.7 Å². The topological polar surface area (TPSA) is 76.1 Å². The van der Waals surface area contributed by atoms with Gasteiger partial charge in [-0.3, -0.25) is 4.79 Å². The number of alkyl halides is 2. The van der Waals surface area contributed by atoms with Crippen molar-refractivity contribution in [1.29, 1.82) is 0 Å². The molecule has 1 unspecified atom stereocenters. The summed E-state index contributed by atoms with van der Waals surface area (Å²) in [6.45, 7) is 5.72. The molecule has 0 radical (unpaired) electrons. The summed E-state index contributed by atoms with van der Waals surface area (Å²) >= 11 is 0. The van der Waals surface area contributed by atoms with Crippen molar-refractivity contribution >= 4 is 17.4 Å². The third kappa shape index (κ3) is 4.63. The first-order chi connectivity index (χ1) is 14.5. The Balaban J connectivity index is 2.02. The Hall–Kier alpha value is -2.74. The van der Waals surface area contributed by atoms with Gasteiger partial charge in [-0.2, -0.15) is 0 Å². The summed E-state index contributed by atoms with van der Waals surface area (Å²) in [5, 5.41) is 8.72. The Morgan fingerprint density at radius 2 is 1.94 bits per heavy atom. The van der Waals surface area contributed by atoms with Crippen LogP contribution in [-0.2, 0) is 9.53 Å². The molecule has 6 nitrogen and oxygen atoms in total. The van der Waals surface area contributed by atoms with Crippen LogP contribution in [0.1, 0.15) is 43.6 Å². The summed E-state index contributed by atoms with van der Waals surface area (Å²) in [5.74, 6) is -3.84. The van der Waals surface area contributed by atoms with Gasteiger partial charge in [-0.25, -0.2) is 13.6 Å². The van der Waals surface area contributed by atoms with E-state index in [4.69, 9.17) is 14.6 Å². The number of halogens is 2. The molecule has 168 valence electrons. The number of carbonyl (C=O) groups is 2. The van der Waals surface area contributed by atoms with Gasteiger partial charge in [0.1, 0.15) is 12.4 Å². The van der Waals surface area contributed by atoms with Gasteiger partial charge >= 0.3 is 11.9 Å². The zero-order valence-electron chi connectivity index (χ0n) is 18.1. The summed E-state index contributed by atoms with van der Waals surface area (Å²) in [6, 6.07) is 4.06. The van der Waals surface area contributed by atoms with Gasteiger partial charge < -0.3 is 19.5 Å². The minimum absolute atomic E-state index is 0.125. The van der Waals surface area contributed by atoms with Crippen LogP contribution in [0.4, 0.5) is 8.78 Å². The molecule has 1 aromatic carbocycles. The lowest BCUT2D eigenvalue weighted by atomic mass is 9.76. The third-order valence-corrected chi connectivity index (χ3v) is 5.22. The largest absolute Gasteiger partial charge is 0.487 e. The number of aliphatic hydroxyl groups excluding tert-OH is 1. The zero-order valence-corrected chi connectivity index (χ0v) is 18.1. The standard InChI is InChI=1S/C23H27F2NO5/c1-5-30-21(29)14-6-9-18-16-8-7-15(31-13-23(24,25)12-27)10-17(16)19(28)20(22(2,3)4)26(18)11-14/h6-10,20,27H,5,11-13H2,1-4H3. The van der Waals surface area contributed by atoms with Gasteiger partial charge in [0.25, 0.3) is 0 Å². The van der Waals surface area contributed by atoms with E-state index in [0.29, 0.717) is 16.7 Å². The lowest BCUT2D eigenvalue weighted by molar-refractivity contribution is -0.138. The maximum Gasteiger partial charge on any atom is 0.335 e. The van der Waals surface area contributed by atoms with Gasteiger partial charge in [0.2, 0.25) is 0 Å². The lowest BCUT2D eigenvalue weighted by Crippen LogP contribution is -2.53. The van der Waals surface area contributed by atoms with Crippen molar-refractivity contribution < 1.29 is 33.0 Å². The molecule has 0 spiro atoms. The average molecular weight is 435 g/mol. The van der Waals surface area contributed by atoms with Crippen molar-refractivity contribution in [3.8, 4) is 5.75 Å². The van der Waals surface area contributed by atoms with Crippen LogP contribution in [0.25, 0.3) is 5.70 Å². The molecule has 2 aliphatic heterocycles. The molecule has 0 aromatic heterocycles. The quantitative estimate of drug-likeness (QED) is 0.690. The summed E-state index contributed by atoms with van der Waals surface area (Å²) in [4.78, 5) is 27.6. The van der Waals surface area contributed by atoms with Crippen molar-refractivity contribution in [1.82, 2.24) is 4.90 Å². The second-order valence-electron chi connectivity index (χ2n) is 8.74. The van der Waals surface area contributed by atoms with Crippen LogP contribution in [0.15, 0.2) is 35.9 Å². The number of nitrogens with zero attached hydrogens (tertiary/aromatic N) is 1. The molecule has 1 aromatic rings. The number of rotatable bonds is 6. The normalized spacial score (nSPS) is 18.6. The predicted molar refractivity (Wildman–Crippen MR) is 111 cm³/mol. The minimum Gasteiger partial charge on any atom is -0.487 e. The number of allylic oxidation sites excluding steroid dienone is 2. The summed E-state index contributed by atoms with van der Waals surface area (Å²) in [6.07, 6.45) is 3.47. The molecule has 0 saturated heterocycles. The van der Waals surface area contributed by atoms with E-state index in [1.54, 1.807) is 25.1 Å². The smallest absolute Gasteiger partial charge is 0.335 e. The van der Waals surface area contributed by atoms with Gasteiger partial charge in [0, 0.05) is 16.8 Å². The van der Waals surface area contributed by atoms with Crippen LogP contribution in [0, 0.1) is 5.41 Å². The highest BCUT2D eigenvalue weighted by Gasteiger charge is 2.44. The van der Waals surface area contributed by atoms with E-state index in [0.717, 1.165) is 5.70 Å². The first kappa shape index (κ1) is 22.9. The van der Waals surface area contributed by atoms with Crippen molar-refractivity contribution in [3.63, 3.8) is 0 Å². The average Bonchev–Trinajstić information content (AvgIpc) is 2.71. The van der Waals surface area contributed by atoms with Crippen LogP contribution in [0.2, 0.25) is 0 Å². The molecule has 31 heavy (non-hydrogen) atoms. The van der Waals surface area contributed by atoms with Crippen LogP contribution >= 0.6 is 0 Å². The Morgan fingerprint density at radius 3 is 2.55 bits per heavy atom. The number of ether oxygens (including phenoxy) is 2. The number of benzene rings is 1. The fourth-order valence-electron chi connectivity index (χ4n) is 3.85.